The molecule has 4 aromatic rings. The zero-order chi connectivity index (χ0) is 22.6. The highest BCUT2D eigenvalue weighted by atomic mass is 16.5. The van der Waals surface area contributed by atoms with E-state index >= 15 is 0 Å². The predicted octanol–water partition coefficient (Wildman–Crippen LogP) is 3.76. The van der Waals surface area contributed by atoms with Crippen LogP contribution in [0.3, 0.4) is 0 Å². The number of anilines is 1. The minimum Gasteiger partial charge on any atom is -0.478 e. The molecule has 0 aliphatic carbocycles. The fourth-order valence-electron chi connectivity index (χ4n) is 4.44. The van der Waals surface area contributed by atoms with Gasteiger partial charge in [-0.2, -0.15) is 4.98 Å². The molecule has 0 saturated carbocycles. The van der Waals surface area contributed by atoms with Crippen LogP contribution in [-0.2, 0) is 0 Å². The first-order valence-electron chi connectivity index (χ1n) is 11.6. The van der Waals surface area contributed by atoms with Crippen LogP contribution in [0.15, 0.2) is 59.4 Å². The molecule has 1 saturated heterocycles. The van der Waals surface area contributed by atoms with E-state index < -0.39 is 0 Å². The highest BCUT2D eigenvalue weighted by Gasteiger charge is 2.19. The van der Waals surface area contributed by atoms with Crippen molar-refractivity contribution in [2.75, 3.05) is 44.2 Å². The van der Waals surface area contributed by atoms with E-state index in [2.05, 4.69) is 57.0 Å². The molecule has 7 nitrogen and oxygen atoms in total. The van der Waals surface area contributed by atoms with Crippen LogP contribution in [0.1, 0.15) is 18.5 Å². The summed E-state index contributed by atoms with van der Waals surface area (Å²) in [6.45, 7) is 7.84. The fraction of sp³-hybridized carbons (Fsp3) is 0.346. The molecule has 1 aliphatic heterocycles. The SMILES string of the molecule is Cc1cc2ccccc2c(N2CCN(CCCCOc3ccc4ccc(=O)[nH]c4n3)CC2)n1. The van der Waals surface area contributed by atoms with Crippen LogP contribution in [0.25, 0.3) is 21.8 Å². The van der Waals surface area contributed by atoms with E-state index in [9.17, 15) is 4.79 Å². The lowest BCUT2D eigenvalue weighted by Crippen LogP contribution is -2.47. The number of ether oxygens (including phenoxy) is 1. The van der Waals surface area contributed by atoms with Crippen molar-refractivity contribution in [2.45, 2.75) is 19.8 Å². The number of H-pyrrole nitrogens is 1. The molecule has 0 bridgehead atoms. The molecule has 3 aromatic heterocycles. The number of hydrogen-bond acceptors (Lipinski definition) is 6. The summed E-state index contributed by atoms with van der Waals surface area (Å²) in [5, 5.41) is 3.39. The molecule has 170 valence electrons. The highest BCUT2D eigenvalue weighted by Crippen LogP contribution is 2.26. The van der Waals surface area contributed by atoms with Crippen LogP contribution < -0.4 is 15.2 Å². The number of nitrogens with zero attached hydrogens (tertiary/aromatic N) is 4. The van der Waals surface area contributed by atoms with Crippen molar-refractivity contribution in [3.8, 4) is 5.88 Å². The van der Waals surface area contributed by atoms with Crippen molar-refractivity contribution >= 4 is 27.6 Å². The third kappa shape index (κ3) is 4.98. The normalized spacial score (nSPS) is 14.8. The van der Waals surface area contributed by atoms with Gasteiger partial charge in [-0.15, -0.1) is 0 Å². The number of unbranched alkanes of at least 4 members (excludes halogenated alkanes) is 1. The number of aromatic amines is 1. The zero-order valence-corrected chi connectivity index (χ0v) is 19.0. The van der Waals surface area contributed by atoms with Crippen LogP contribution >= 0.6 is 0 Å². The van der Waals surface area contributed by atoms with Gasteiger partial charge < -0.3 is 14.6 Å². The van der Waals surface area contributed by atoms with Crippen LogP contribution in [0, 0.1) is 6.92 Å². The first-order chi connectivity index (χ1) is 16.2. The van der Waals surface area contributed by atoms with Gasteiger partial charge in [-0.3, -0.25) is 9.69 Å². The van der Waals surface area contributed by atoms with Crippen LogP contribution in [0.2, 0.25) is 0 Å². The predicted molar refractivity (Wildman–Crippen MR) is 132 cm³/mol. The Morgan fingerprint density at radius 2 is 1.76 bits per heavy atom. The molecule has 1 N–H and O–H groups in total. The molecule has 33 heavy (non-hydrogen) atoms. The average molecular weight is 444 g/mol. The lowest BCUT2D eigenvalue weighted by atomic mass is 10.1. The minimum atomic E-state index is -0.154. The zero-order valence-electron chi connectivity index (χ0n) is 19.0. The lowest BCUT2D eigenvalue weighted by Gasteiger charge is -2.36. The molecule has 0 radical (unpaired) electrons. The summed E-state index contributed by atoms with van der Waals surface area (Å²) in [6.07, 6.45) is 2.05. The van der Waals surface area contributed by atoms with Gasteiger partial charge in [-0.05, 0) is 49.9 Å². The molecule has 0 spiro atoms. The van der Waals surface area contributed by atoms with Crippen LogP contribution in [0.5, 0.6) is 5.88 Å². The molecule has 1 aliphatic rings. The molecular weight excluding hydrogens is 414 g/mol. The molecule has 5 rings (SSSR count). The Morgan fingerprint density at radius 1 is 0.939 bits per heavy atom. The van der Waals surface area contributed by atoms with Crippen LogP contribution in [-0.4, -0.2) is 59.2 Å². The maximum atomic E-state index is 11.5. The second kappa shape index (κ2) is 9.58. The molecule has 1 fully saturated rings. The summed E-state index contributed by atoms with van der Waals surface area (Å²) in [5.74, 6) is 1.67. The quantitative estimate of drug-likeness (QED) is 0.439. The van der Waals surface area contributed by atoms with Gasteiger partial charge in [0.25, 0.3) is 0 Å². The molecular formula is C26H29N5O2. The Bertz CT molecular complexity index is 1310. The Hall–Kier alpha value is -3.45. The summed E-state index contributed by atoms with van der Waals surface area (Å²) in [5.41, 5.74) is 1.48. The van der Waals surface area contributed by atoms with Crippen molar-refractivity contribution < 1.29 is 4.74 Å². The Morgan fingerprint density at radius 3 is 2.64 bits per heavy atom. The third-order valence-corrected chi connectivity index (χ3v) is 6.20. The maximum Gasteiger partial charge on any atom is 0.249 e. The standard InChI is InChI=1S/C26H29N5O2/c1-19-18-21-6-2-3-7-22(21)26(27-19)31-15-13-30(14-16-31)12-4-5-17-33-24-11-9-20-8-10-23(32)28-25(20)29-24/h2-3,6-11,18H,4-5,12-17H2,1H3,(H,28,29,32). The number of aromatic nitrogens is 3. The summed E-state index contributed by atoms with van der Waals surface area (Å²) in [4.78, 5) is 28.4. The van der Waals surface area contributed by atoms with E-state index in [1.165, 1.54) is 16.8 Å². The first kappa shape index (κ1) is 21.4. The number of fused-ring (bicyclic) bond motifs is 2. The molecule has 0 amide bonds. The van der Waals surface area contributed by atoms with Crippen molar-refractivity contribution in [1.82, 2.24) is 19.9 Å². The molecule has 0 atom stereocenters. The van der Waals surface area contributed by atoms with Gasteiger partial charge in [0.1, 0.15) is 11.5 Å². The van der Waals surface area contributed by atoms with Crippen molar-refractivity contribution in [1.29, 1.82) is 0 Å². The number of aryl methyl sites for hydroxylation is 1. The van der Waals surface area contributed by atoms with E-state index in [-0.39, 0.29) is 5.56 Å². The van der Waals surface area contributed by atoms with Gasteiger partial charge in [-0.25, -0.2) is 4.98 Å². The smallest absolute Gasteiger partial charge is 0.249 e. The van der Waals surface area contributed by atoms with E-state index in [0.717, 1.165) is 62.5 Å². The summed E-state index contributed by atoms with van der Waals surface area (Å²) < 4.78 is 5.80. The van der Waals surface area contributed by atoms with Crippen molar-refractivity contribution in [3.05, 3.63) is 70.6 Å². The second-order valence-corrected chi connectivity index (χ2v) is 8.60. The topological polar surface area (TPSA) is 74.3 Å². The van der Waals surface area contributed by atoms with E-state index in [0.29, 0.717) is 18.1 Å². The molecule has 7 heteroatoms. The van der Waals surface area contributed by atoms with E-state index in [1.807, 2.05) is 12.1 Å². The van der Waals surface area contributed by atoms with Crippen molar-refractivity contribution in [2.24, 2.45) is 0 Å². The highest BCUT2D eigenvalue weighted by molar-refractivity contribution is 5.92. The molecule has 4 heterocycles. The number of benzene rings is 1. The second-order valence-electron chi connectivity index (χ2n) is 8.60. The number of rotatable bonds is 7. The maximum absolute atomic E-state index is 11.5. The van der Waals surface area contributed by atoms with Crippen molar-refractivity contribution in [3.63, 3.8) is 0 Å². The Balaban J connectivity index is 1.08. The third-order valence-electron chi connectivity index (χ3n) is 6.20. The largest absolute Gasteiger partial charge is 0.478 e. The van der Waals surface area contributed by atoms with Gasteiger partial charge in [0.05, 0.1) is 6.61 Å². The fourth-order valence-corrected chi connectivity index (χ4v) is 4.44. The van der Waals surface area contributed by atoms with Gasteiger partial charge in [-0.1, -0.05) is 24.3 Å². The van der Waals surface area contributed by atoms with Gasteiger partial charge in [0.2, 0.25) is 11.4 Å². The monoisotopic (exact) mass is 443 g/mol. The first-order valence-corrected chi connectivity index (χ1v) is 11.6. The number of nitrogens with one attached hydrogen (secondary N) is 1. The molecule has 0 unspecified atom stereocenters. The van der Waals surface area contributed by atoms with Gasteiger partial charge in [0, 0.05) is 54.8 Å². The van der Waals surface area contributed by atoms with Crippen LogP contribution in [0.4, 0.5) is 5.82 Å². The van der Waals surface area contributed by atoms with E-state index in [1.54, 1.807) is 6.07 Å². The average Bonchev–Trinajstić information content (AvgIpc) is 2.83. The minimum absolute atomic E-state index is 0.154. The lowest BCUT2D eigenvalue weighted by molar-refractivity contribution is 0.236. The summed E-state index contributed by atoms with van der Waals surface area (Å²) in [7, 11) is 0. The molecule has 1 aromatic carbocycles. The Kier molecular flexibility index (Phi) is 6.21. The summed E-state index contributed by atoms with van der Waals surface area (Å²) >= 11 is 0. The number of piperazine rings is 1. The van der Waals surface area contributed by atoms with Gasteiger partial charge >= 0.3 is 0 Å². The van der Waals surface area contributed by atoms with Gasteiger partial charge in [0.15, 0.2) is 0 Å². The summed E-state index contributed by atoms with van der Waals surface area (Å²) in [6, 6.07) is 17.7. The Labute approximate surface area is 193 Å². The number of pyridine rings is 3. The van der Waals surface area contributed by atoms with E-state index in [4.69, 9.17) is 9.72 Å². The number of hydrogen-bond donors (Lipinski definition) is 1.